The molecule has 0 radical (unpaired) electrons. The van der Waals surface area contributed by atoms with Crippen LogP contribution < -0.4 is 0 Å². The highest BCUT2D eigenvalue weighted by atomic mass is 16.3. The molecule has 5 nitrogen and oxygen atoms in total. The SMILES string of the molecule is Cc1cc(C(=O)N2CCCC(CO)C2)c(C)n1-c1ccccn1. The Balaban J connectivity index is 1.90. The van der Waals surface area contributed by atoms with E-state index in [0.29, 0.717) is 6.54 Å². The first kappa shape index (κ1) is 15.7. The molecule has 1 unspecified atom stereocenters. The summed E-state index contributed by atoms with van der Waals surface area (Å²) in [5.74, 6) is 1.08. The molecule has 1 amide bonds. The van der Waals surface area contributed by atoms with Crippen molar-refractivity contribution in [2.45, 2.75) is 26.7 Å². The number of hydrogen-bond acceptors (Lipinski definition) is 3. The van der Waals surface area contributed by atoms with Crippen LogP contribution in [0.5, 0.6) is 0 Å². The molecule has 1 N–H and O–H groups in total. The van der Waals surface area contributed by atoms with Crippen molar-refractivity contribution in [2.24, 2.45) is 5.92 Å². The maximum absolute atomic E-state index is 12.9. The highest BCUT2D eigenvalue weighted by Gasteiger charge is 2.26. The number of carbonyl (C=O) groups is 1. The number of aliphatic hydroxyl groups excluding tert-OH is 1. The first-order valence-corrected chi connectivity index (χ1v) is 8.12. The zero-order chi connectivity index (χ0) is 16.4. The fraction of sp³-hybridized carbons (Fsp3) is 0.444. The number of aliphatic hydroxyl groups is 1. The van der Waals surface area contributed by atoms with Crippen molar-refractivity contribution in [3.05, 3.63) is 47.4 Å². The van der Waals surface area contributed by atoms with Gasteiger partial charge < -0.3 is 14.6 Å². The maximum Gasteiger partial charge on any atom is 0.255 e. The normalized spacial score (nSPS) is 18.2. The highest BCUT2D eigenvalue weighted by Crippen LogP contribution is 2.23. The Bertz CT molecular complexity index is 694. The number of nitrogens with zero attached hydrogens (tertiary/aromatic N) is 3. The topological polar surface area (TPSA) is 58.4 Å². The Hall–Kier alpha value is -2.14. The van der Waals surface area contributed by atoms with Gasteiger partial charge in [0.25, 0.3) is 5.91 Å². The average molecular weight is 313 g/mol. The molecule has 0 spiro atoms. The van der Waals surface area contributed by atoms with E-state index < -0.39 is 0 Å². The van der Waals surface area contributed by atoms with Gasteiger partial charge in [-0.15, -0.1) is 0 Å². The van der Waals surface area contributed by atoms with E-state index in [-0.39, 0.29) is 18.4 Å². The summed E-state index contributed by atoms with van der Waals surface area (Å²) in [5, 5.41) is 9.36. The van der Waals surface area contributed by atoms with Gasteiger partial charge in [0.1, 0.15) is 5.82 Å². The molecule has 0 saturated carbocycles. The molecular weight excluding hydrogens is 290 g/mol. The fourth-order valence-electron chi connectivity index (χ4n) is 3.39. The van der Waals surface area contributed by atoms with Crippen LogP contribution in [0.1, 0.15) is 34.6 Å². The first-order valence-electron chi connectivity index (χ1n) is 8.12. The van der Waals surface area contributed by atoms with E-state index in [0.717, 1.165) is 42.2 Å². The summed E-state index contributed by atoms with van der Waals surface area (Å²) in [6.45, 7) is 5.51. The summed E-state index contributed by atoms with van der Waals surface area (Å²) in [4.78, 5) is 19.1. The van der Waals surface area contributed by atoms with E-state index in [1.807, 2.05) is 47.6 Å². The lowest BCUT2D eigenvalue weighted by Crippen LogP contribution is -2.41. The lowest BCUT2D eigenvalue weighted by molar-refractivity contribution is 0.0620. The van der Waals surface area contributed by atoms with Crippen molar-refractivity contribution in [2.75, 3.05) is 19.7 Å². The third-order valence-electron chi connectivity index (χ3n) is 4.60. The molecular formula is C18H23N3O2. The number of aromatic nitrogens is 2. The zero-order valence-corrected chi connectivity index (χ0v) is 13.7. The standard InChI is InChI=1S/C18H23N3O2/c1-13-10-16(14(2)21(13)17-7-3-4-8-19-17)18(23)20-9-5-6-15(11-20)12-22/h3-4,7-8,10,15,22H,5-6,9,11-12H2,1-2H3. The largest absolute Gasteiger partial charge is 0.396 e. The van der Waals surface area contributed by atoms with Crippen LogP contribution in [0, 0.1) is 19.8 Å². The molecule has 122 valence electrons. The molecule has 1 atom stereocenters. The van der Waals surface area contributed by atoms with Gasteiger partial charge in [-0.2, -0.15) is 0 Å². The maximum atomic E-state index is 12.9. The van der Waals surface area contributed by atoms with E-state index in [9.17, 15) is 9.90 Å². The van der Waals surface area contributed by atoms with Gasteiger partial charge in [0.2, 0.25) is 0 Å². The molecule has 1 saturated heterocycles. The minimum atomic E-state index is 0.0541. The van der Waals surface area contributed by atoms with Crippen LogP contribution in [-0.2, 0) is 0 Å². The van der Waals surface area contributed by atoms with Crippen LogP contribution in [0.2, 0.25) is 0 Å². The number of hydrogen-bond donors (Lipinski definition) is 1. The van der Waals surface area contributed by atoms with E-state index in [1.54, 1.807) is 6.20 Å². The number of piperidine rings is 1. The minimum Gasteiger partial charge on any atom is -0.396 e. The Labute approximate surface area is 136 Å². The van der Waals surface area contributed by atoms with Crippen molar-refractivity contribution in [1.29, 1.82) is 0 Å². The van der Waals surface area contributed by atoms with Gasteiger partial charge in [-0.3, -0.25) is 4.79 Å². The molecule has 1 fully saturated rings. The highest BCUT2D eigenvalue weighted by molar-refractivity contribution is 5.96. The van der Waals surface area contributed by atoms with Crippen molar-refractivity contribution in [3.8, 4) is 5.82 Å². The van der Waals surface area contributed by atoms with Gasteiger partial charge in [0.05, 0.1) is 5.56 Å². The third-order valence-corrected chi connectivity index (χ3v) is 4.60. The smallest absolute Gasteiger partial charge is 0.255 e. The summed E-state index contributed by atoms with van der Waals surface area (Å²) in [6, 6.07) is 7.71. The van der Waals surface area contributed by atoms with E-state index >= 15 is 0 Å². The predicted octanol–water partition coefficient (Wildman–Crippen LogP) is 2.33. The van der Waals surface area contributed by atoms with Gasteiger partial charge in [-0.25, -0.2) is 4.98 Å². The zero-order valence-electron chi connectivity index (χ0n) is 13.7. The molecule has 5 heteroatoms. The molecule has 3 rings (SSSR count). The Morgan fingerprint density at radius 2 is 2.22 bits per heavy atom. The monoisotopic (exact) mass is 313 g/mol. The number of carbonyl (C=O) groups excluding carboxylic acids is 1. The number of aryl methyl sites for hydroxylation is 1. The average Bonchev–Trinajstić information content (AvgIpc) is 2.89. The van der Waals surface area contributed by atoms with Gasteiger partial charge in [0, 0.05) is 37.3 Å². The summed E-state index contributed by atoms with van der Waals surface area (Å²) in [5.41, 5.74) is 2.64. The Morgan fingerprint density at radius 1 is 1.39 bits per heavy atom. The van der Waals surface area contributed by atoms with Crippen LogP contribution in [0.15, 0.2) is 30.5 Å². The second kappa shape index (κ2) is 6.54. The summed E-state index contributed by atoms with van der Waals surface area (Å²) in [7, 11) is 0. The summed E-state index contributed by atoms with van der Waals surface area (Å²) >= 11 is 0. The van der Waals surface area contributed by atoms with Crippen LogP contribution in [0.25, 0.3) is 5.82 Å². The van der Waals surface area contributed by atoms with Crippen LogP contribution >= 0.6 is 0 Å². The van der Waals surface area contributed by atoms with Crippen LogP contribution in [-0.4, -0.2) is 45.2 Å². The minimum absolute atomic E-state index is 0.0541. The molecule has 1 aliphatic rings. The van der Waals surface area contributed by atoms with Crippen molar-refractivity contribution in [1.82, 2.24) is 14.5 Å². The fourth-order valence-corrected chi connectivity index (χ4v) is 3.39. The molecule has 2 aromatic rings. The number of amides is 1. The third kappa shape index (κ3) is 3.01. The van der Waals surface area contributed by atoms with E-state index in [2.05, 4.69) is 4.98 Å². The summed E-state index contributed by atoms with van der Waals surface area (Å²) in [6.07, 6.45) is 3.70. The Kier molecular flexibility index (Phi) is 4.48. The number of likely N-dealkylation sites (tertiary alicyclic amines) is 1. The number of pyridine rings is 1. The molecule has 3 heterocycles. The van der Waals surface area contributed by atoms with E-state index in [1.165, 1.54) is 0 Å². The van der Waals surface area contributed by atoms with Gasteiger partial charge in [-0.05, 0) is 50.8 Å². The van der Waals surface area contributed by atoms with Crippen molar-refractivity contribution < 1.29 is 9.90 Å². The molecule has 0 aromatic carbocycles. The van der Waals surface area contributed by atoms with Crippen LogP contribution in [0.4, 0.5) is 0 Å². The lowest BCUT2D eigenvalue weighted by atomic mass is 9.98. The second-order valence-corrected chi connectivity index (χ2v) is 6.25. The first-order chi connectivity index (χ1) is 11.1. The van der Waals surface area contributed by atoms with Gasteiger partial charge in [-0.1, -0.05) is 6.07 Å². The lowest BCUT2D eigenvalue weighted by Gasteiger charge is -2.31. The summed E-state index contributed by atoms with van der Waals surface area (Å²) < 4.78 is 2.01. The molecule has 1 aliphatic heterocycles. The predicted molar refractivity (Wildman–Crippen MR) is 88.8 cm³/mol. The van der Waals surface area contributed by atoms with E-state index in [4.69, 9.17) is 0 Å². The molecule has 0 aliphatic carbocycles. The van der Waals surface area contributed by atoms with Crippen molar-refractivity contribution >= 4 is 5.91 Å². The molecule has 0 bridgehead atoms. The number of rotatable bonds is 3. The Morgan fingerprint density at radius 3 is 2.91 bits per heavy atom. The van der Waals surface area contributed by atoms with Crippen molar-refractivity contribution in [3.63, 3.8) is 0 Å². The second-order valence-electron chi connectivity index (χ2n) is 6.25. The quantitative estimate of drug-likeness (QED) is 0.946. The molecule has 23 heavy (non-hydrogen) atoms. The van der Waals surface area contributed by atoms with Crippen LogP contribution in [0.3, 0.4) is 0 Å². The molecule has 2 aromatic heterocycles. The van der Waals surface area contributed by atoms with Gasteiger partial charge in [0.15, 0.2) is 0 Å². The van der Waals surface area contributed by atoms with Gasteiger partial charge >= 0.3 is 0 Å².